The normalized spacial score (nSPS) is 18.5. The number of nitrogens with zero attached hydrogens (tertiary/aromatic N) is 5. The maximum absolute atomic E-state index is 12.3. The average molecular weight is 376 g/mol. The van der Waals surface area contributed by atoms with Crippen molar-refractivity contribution in [3.8, 4) is 5.69 Å². The second kappa shape index (κ2) is 6.67. The van der Waals surface area contributed by atoms with E-state index in [0.29, 0.717) is 0 Å². The number of aryl methyl sites for hydroxylation is 1. The molecule has 3 heterocycles. The first-order valence-corrected chi connectivity index (χ1v) is 9.92. The Bertz CT molecular complexity index is 1050. The van der Waals surface area contributed by atoms with Crippen molar-refractivity contribution in [3.05, 3.63) is 69.7 Å². The fourth-order valence-corrected chi connectivity index (χ4v) is 4.70. The molecule has 7 nitrogen and oxygen atoms in total. The molecule has 1 spiro atoms. The van der Waals surface area contributed by atoms with Crippen LogP contribution in [0.15, 0.2) is 41.3 Å². The second-order valence-corrected chi connectivity index (χ2v) is 8.02. The molecule has 28 heavy (non-hydrogen) atoms. The Morgan fingerprint density at radius 1 is 1.14 bits per heavy atom. The number of piperidine rings is 1. The zero-order chi connectivity index (χ0) is 19.1. The molecule has 2 aliphatic rings. The number of benzene rings is 1. The van der Waals surface area contributed by atoms with Crippen molar-refractivity contribution < 1.29 is 0 Å². The lowest BCUT2D eigenvalue weighted by Crippen LogP contribution is -2.42. The molecular weight excluding hydrogens is 352 g/mol. The summed E-state index contributed by atoms with van der Waals surface area (Å²) in [4.78, 5) is 22.3. The molecule has 144 valence electrons. The number of likely N-dealkylation sites (tertiary alicyclic amines) is 1. The van der Waals surface area contributed by atoms with Crippen LogP contribution in [0.1, 0.15) is 42.0 Å². The van der Waals surface area contributed by atoms with E-state index < -0.39 is 0 Å². The zero-order valence-corrected chi connectivity index (χ0v) is 16.1. The van der Waals surface area contributed by atoms with Gasteiger partial charge in [-0.15, -0.1) is 5.10 Å². The molecule has 0 radical (unpaired) electrons. The Kier molecular flexibility index (Phi) is 4.12. The van der Waals surface area contributed by atoms with Gasteiger partial charge in [0.05, 0.1) is 23.3 Å². The zero-order valence-electron chi connectivity index (χ0n) is 16.1. The molecule has 0 atom stereocenters. The van der Waals surface area contributed by atoms with Crippen LogP contribution in [0.2, 0.25) is 0 Å². The van der Waals surface area contributed by atoms with Gasteiger partial charge in [-0.25, -0.2) is 9.67 Å². The molecule has 0 bridgehead atoms. The molecule has 1 fully saturated rings. The Hall–Kier alpha value is -2.80. The first kappa shape index (κ1) is 17.3. The third-order valence-corrected chi connectivity index (χ3v) is 6.25. The third kappa shape index (κ3) is 2.96. The first-order valence-electron chi connectivity index (χ1n) is 9.92. The highest BCUT2D eigenvalue weighted by Crippen LogP contribution is 2.44. The van der Waals surface area contributed by atoms with Gasteiger partial charge in [-0.3, -0.25) is 9.69 Å². The lowest BCUT2D eigenvalue weighted by molar-refractivity contribution is 0.148. The van der Waals surface area contributed by atoms with Crippen LogP contribution in [0.5, 0.6) is 0 Å². The number of H-pyrrole nitrogens is 1. The van der Waals surface area contributed by atoms with E-state index in [2.05, 4.69) is 20.2 Å². The molecule has 1 aromatic carbocycles. The summed E-state index contributed by atoms with van der Waals surface area (Å²) < 4.78 is 1.83. The average Bonchev–Trinajstić information content (AvgIpc) is 3.30. The molecule has 0 saturated carbocycles. The van der Waals surface area contributed by atoms with E-state index in [1.807, 2.05) is 48.1 Å². The Balaban J connectivity index is 1.28. The summed E-state index contributed by atoms with van der Waals surface area (Å²) in [6.45, 7) is 4.66. The predicted octanol–water partition coefficient (Wildman–Crippen LogP) is 2.14. The minimum atomic E-state index is 0.0549. The third-order valence-electron chi connectivity index (χ3n) is 6.25. The molecule has 7 heteroatoms. The SMILES string of the molecule is Cc1nc2c(c(=O)[nH]1)CCC21CCN(Cc2cn(-c3ccccc3)nn2)CC1. The smallest absolute Gasteiger partial charge is 0.254 e. The van der Waals surface area contributed by atoms with Crippen molar-refractivity contribution in [2.75, 3.05) is 13.1 Å². The van der Waals surface area contributed by atoms with E-state index in [9.17, 15) is 4.79 Å². The molecule has 1 aliphatic heterocycles. The molecule has 2 aromatic heterocycles. The van der Waals surface area contributed by atoms with Crippen molar-refractivity contribution >= 4 is 0 Å². The summed E-state index contributed by atoms with van der Waals surface area (Å²) in [6.07, 6.45) is 5.99. The molecule has 1 aliphatic carbocycles. The number of aromatic amines is 1. The fraction of sp³-hybridized carbons (Fsp3) is 0.429. The fourth-order valence-electron chi connectivity index (χ4n) is 4.70. The number of rotatable bonds is 3. The number of para-hydroxylation sites is 1. The minimum absolute atomic E-state index is 0.0549. The van der Waals surface area contributed by atoms with E-state index >= 15 is 0 Å². The summed E-state index contributed by atoms with van der Waals surface area (Å²) >= 11 is 0. The van der Waals surface area contributed by atoms with Gasteiger partial charge in [0.2, 0.25) is 0 Å². The Morgan fingerprint density at radius 3 is 2.71 bits per heavy atom. The highest BCUT2D eigenvalue weighted by molar-refractivity contribution is 5.33. The van der Waals surface area contributed by atoms with E-state index in [0.717, 1.165) is 73.8 Å². The highest BCUT2D eigenvalue weighted by Gasteiger charge is 2.43. The van der Waals surface area contributed by atoms with Crippen LogP contribution in [-0.4, -0.2) is 43.0 Å². The van der Waals surface area contributed by atoms with Crippen molar-refractivity contribution in [1.82, 2.24) is 29.9 Å². The molecule has 5 rings (SSSR count). The van der Waals surface area contributed by atoms with Crippen LogP contribution < -0.4 is 5.56 Å². The monoisotopic (exact) mass is 376 g/mol. The van der Waals surface area contributed by atoms with Gasteiger partial charge in [-0.2, -0.15) is 0 Å². The second-order valence-electron chi connectivity index (χ2n) is 8.02. The topological polar surface area (TPSA) is 79.7 Å². The molecule has 1 saturated heterocycles. The van der Waals surface area contributed by atoms with Gasteiger partial charge in [0.25, 0.3) is 5.56 Å². The lowest BCUT2D eigenvalue weighted by Gasteiger charge is -2.39. The van der Waals surface area contributed by atoms with Gasteiger partial charge in [-0.1, -0.05) is 23.4 Å². The van der Waals surface area contributed by atoms with E-state index in [1.165, 1.54) is 0 Å². The standard InChI is InChI=1S/C21H24N6O/c1-15-22-19-18(20(28)23-15)7-8-21(19)9-11-26(12-10-21)13-16-14-27(25-24-16)17-5-3-2-4-6-17/h2-6,14H,7-13H2,1H3,(H,22,23,28). The van der Waals surface area contributed by atoms with E-state index in [4.69, 9.17) is 4.98 Å². The van der Waals surface area contributed by atoms with Crippen LogP contribution in [0, 0.1) is 6.92 Å². The molecule has 1 N–H and O–H groups in total. The molecular formula is C21H24N6O. The van der Waals surface area contributed by atoms with E-state index in [-0.39, 0.29) is 11.0 Å². The molecule has 3 aromatic rings. The van der Waals surface area contributed by atoms with Gasteiger partial charge in [0, 0.05) is 17.5 Å². The minimum Gasteiger partial charge on any atom is -0.311 e. The first-order chi connectivity index (χ1) is 13.6. The van der Waals surface area contributed by atoms with Gasteiger partial charge < -0.3 is 4.98 Å². The summed E-state index contributed by atoms with van der Waals surface area (Å²) in [5, 5.41) is 8.61. The summed E-state index contributed by atoms with van der Waals surface area (Å²) in [6, 6.07) is 10.0. The van der Waals surface area contributed by atoms with Gasteiger partial charge >= 0.3 is 0 Å². The van der Waals surface area contributed by atoms with Crippen LogP contribution in [0.25, 0.3) is 5.69 Å². The predicted molar refractivity (Wildman–Crippen MR) is 105 cm³/mol. The Labute approximate surface area is 163 Å². The van der Waals surface area contributed by atoms with Crippen molar-refractivity contribution in [2.24, 2.45) is 0 Å². The number of nitrogens with one attached hydrogen (secondary N) is 1. The maximum atomic E-state index is 12.3. The number of aromatic nitrogens is 5. The van der Waals surface area contributed by atoms with Crippen LogP contribution in [-0.2, 0) is 18.4 Å². The number of hydrogen-bond acceptors (Lipinski definition) is 5. The van der Waals surface area contributed by atoms with Crippen LogP contribution in [0.3, 0.4) is 0 Å². The quantitative estimate of drug-likeness (QED) is 0.758. The number of fused-ring (bicyclic) bond motifs is 2. The largest absolute Gasteiger partial charge is 0.311 e. The summed E-state index contributed by atoms with van der Waals surface area (Å²) in [7, 11) is 0. The van der Waals surface area contributed by atoms with E-state index in [1.54, 1.807) is 0 Å². The van der Waals surface area contributed by atoms with Crippen molar-refractivity contribution in [2.45, 2.75) is 44.6 Å². The van der Waals surface area contributed by atoms with Crippen molar-refractivity contribution in [3.63, 3.8) is 0 Å². The molecule has 0 unspecified atom stereocenters. The van der Waals surface area contributed by atoms with Gasteiger partial charge in [0.15, 0.2) is 0 Å². The van der Waals surface area contributed by atoms with Gasteiger partial charge in [0.1, 0.15) is 5.82 Å². The molecule has 0 amide bonds. The summed E-state index contributed by atoms with van der Waals surface area (Å²) in [5.74, 6) is 0.727. The summed E-state index contributed by atoms with van der Waals surface area (Å²) in [5.41, 5.74) is 4.10. The number of hydrogen-bond donors (Lipinski definition) is 1. The van der Waals surface area contributed by atoms with Crippen LogP contribution >= 0.6 is 0 Å². The van der Waals surface area contributed by atoms with Crippen molar-refractivity contribution in [1.29, 1.82) is 0 Å². The Morgan fingerprint density at radius 2 is 1.93 bits per heavy atom. The maximum Gasteiger partial charge on any atom is 0.254 e. The highest BCUT2D eigenvalue weighted by atomic mass is 16.1. The van der Waals surface area contributed by atoms with Gasteiger partial charge in [-0.05, 0) is 57.8 Å². The van der Waals surface area contributed by atoms with Crippen LogP contribution in [0.4, 0.5) is 0 Å². The lowest BCUT2D eigenvalue weighted by atomic mass is 9.76.